The third-order valence-electron chi connectivity index (χ3n) is 13.2. The van der Waals surface area contributed by atoms with Gasteiger partial charge < -0.3 is 13.7 Å². The van der Waals surface area contributed by atoms with E-state index in [2.05, 4.69) is 46.0 Å². The van der Waals surface area contributed by atoms with E-state index in [1.807, 2.05) is 5.57 Å². The molecule has 0 amide bonds. The monoisotopic (exact) mass is 513 g/mol. The molecule has 2 heterocycles. The van der Waals surface area contributed by atoms with Crippen LogP contribution < -0.4 is 0 Å². The highest BCUT2D eigenvalue weighted by Crippen LogP contribution is 2.66. The number of quaternary nitrogens is 2. The molecule has 0 radical (unpaired) electrons. The number of allylic oxidation sites excluding steroid dienone is 1. The number of hydrogen-bond donors (Lipinski definition) is 0. The van der Waals surface area contributed by atoms with Gasteiger partial charge in [0, 0.05) is 57.2 Å². The van der Waals surface area contributed by atoms with Crippen molar-refractivity contribution in [2.24, 2.45) is 28.6 Å². The van der Waals surface area contributed by atoms with E-state index in [1.54, 1.807) is 6.92 Å². The summed E-state index contributed by atoms with van der Waals surface area (Å²) < 4.78 is 8.73. The Morgan fingerprint density at radius 1 is 1.00 bits per heavy atom. The summed E-state index contributed by atoms with van der Waals surface area (Å²) in [6, 6.07) is 1.24. The minimum Gasteiger partial charge on any atom is -0.460 e. The zero-order chi connectivity index (χ0) is 26.2. The second-order valence-electron chi connectivity index (χ2n) is 15.6. The van der Waals surface area contributed by atoms with E-state index >= 15 is 0 Å². The van der Waals surface area contributed by atoms with Gasteiger partial charge in [0.25, 0.3) is 0 Å². The van der Waals surface area contributed by atoms with Gasteiger partial charge in [0.1, 0.15) is 6.10 Å². The molecule has 4 aliphatic carbocycles. The topological polar surface area (TPSA) is 29.5 Å². The third-order valence-corrected chi connectivity index (χ3v) is 13.2. The van der Waals surface area contributed by atoms with Crippen molar-refractivity contribution in [3.05, 3.63) is 11.6 Å². The number of carbonyl (C=O) groups is 1. The van der Waals surface area contributed by atoms with Gasteiger partial charge in [0.15, 0.2) is 0 Å². The smallest absolute Gasteiger partial charge is 0.302 e. The molecule has 0 bridgehead atoms. The fourth-order valence-electron chi connectivity index (χ4n) is 10.7. The molecular formula is C32H55N3O2+2. The van der Waals surface area contributed by atoms with E-state index in [-0.39, 0.29) is 17.5 Å². The minimum atomic E-state index is -0.0817. The molecule has 5 fully saturated rings. The molecule has 0 N–H and O–H groups in total. The summed E-state index contributed by atoms with van der Waals surface area (Å²) in [6.07, 6.45) is 14.8. The van der Waals surface area contributed by atoms with Gasteiger partial charge in [0.2, 0.25) is 0 Å². The fraction of sp³-hybridized carbons (Fsp3) is 0.906. The van der Waals surface area contributed by atoms with Gasteiger partial charge in [-0.2, -0.15) is 0 Å². The Kier molecular flexibility index (Phi) is 6.44. The van der Waals surface area contributed by atoms with Crippen LogP contribution in [0, 0.1) is 28.6 Å². The van der Waals surface area contributed by atoms with Crippen LogP contribution in [0.2, 0.25) is 0 Å². The first kappa shape index (κ1) is 26.3. The zero-order valence-corrected chi connectivity index (χ0v) is 24.8. The lowest BCUT2D eigenvalue weighted by Crippen LogP contribution is -2.59. The van der Waals surface area contributed by atoms with E-state index in [9.17, 15) is 4.79 Å². The Bertz CT molecular complexity index is 928. The first-order chi connectivity index (χ1) is 17.5. The molecule has 0 aromatic rings. The molecule has 2 aliphatic heterocycles. The average Bonchev–Trinajstić information content (AvgIpc) is 3.40. The summed E-state index contributed by atoms with van der Waals surface area (Å²) in [6.45, 7) is 14.2. The van der Waals surface area contributed by atoms with Crippen molar-refractivity contribution in [2.75, 3.05) is 60.4 Å². The first-order valence-corrected chi connectivity index (χ1v) is 15.7. The fourth-order valence-corrected chi connectivity index (χ4v) is 10.7. The maximum atomic E-state index is 12.4. The van der Waals surface area contributed by atoms with Crippen molar-refractivity contribution in [2.45, 2.75) is 96.7 Å². The summed E-state index contributed by atoms with van der Waals surface area (Å²) in [5.41, 5.74) is 2.33. The van der Waals surface area contributed by atoms with Gasteiger partial charge in [-0.3, -0.25) is 9.69 Å². The molecule has 2 saturated heterocycles. The molecule has 6 rings (SSSR count). The van der Waals surface area contributed by atoms with Crippen molar-refractivity contribution in [3.8, 4) is 0 Å². The summed E-state index contributed by atoms with van der Waals surface area (Å²) >= 11 is 0. The number of ether oxygens (including phenoxy) is 1. The molecular weight excluding hydrogens is 458 g/mol. The molecule has 0 aromatic carbocycles. The Labute approximate surface area is 226 Å². The average molecular weight is 514 g/mol. The Morgan fingerprint density at radius 2 is 1.70 bits per heavy atom. The van der Waals surface area contributed by atoms with Crippen LogP contribution in [0.15, 0.2) is 11.6 Å². The van der Waals surface area contributed by atoms with E-state index in [1.165, 1.54) is 88.4 Å². The SMILES string of the molecule is CC(=O)O[C@H]1[C@@H](N2CC[N+](C)(C)CC2)C[C@H]2[C@@H]3CC=C4C[C@@H]([N+]5(C)CCCC5)CC[C@]4(C)[C@H]3CC[C@@]21C. The quantitative estimate of drug-likeness (QED) is 0.307. The van der Waals surface area contributed by atoms with Crippen LogP contribution >= 0.6 is 0 Å². The highest BCUT2D eigenvalue weighted by Gasteiger charge is 2.63. The third kappa shape index (κ3) is 4.25. The molecule has 0 unspecified atom stereocenters. The summed E-state index contributed by atoms with van der Waals surface area (Å²) in [4.78, 5) is 15.1. The van der Waals surface area contributed by atoms with Gasteiger partial charge in [0.05, 0.1) is 53.4 Å². The number of fused-ring (bicyclic) bond motifs is 5. The molecule has 5 nitrogen and oxygen atoms in total. The lowest BCUT2D eigenvalue weighted by molar-refractivity contribution is -0.923. The molecule has 6 aliphatic rings. The predicted octanol–water partition coefficient (Wildman–Crippen LogP) is 4.86. The molecule has 0 aromatic heterocycles. The number of hydrogen-bond acceptors (Lipinski definition) is 3. The number of rotatable bonds is 3. The normalized spacial score (nSPS) is 46.9. The van der Waals surface area contributed by atoms with E-state index in [0.29, 0.717) is 17.4 Å². The highest BCUT2D eigenvalue weighted by atomic mass is 16.5. The molecule has 0 spiro atoms. The number of piperazine rings is 1. The van der Waals surface area contributed by atoms with Crippen LogP contribution in [-0.4, -0.2) is 98.4 Å². The largest absolute Gasteiger partial charge is 0.460 e. The maximum Gasteiger partial charge on any atom is 0.302 e. The van der Waals surface area contributed by atoms with Gasteiger partial charge in [-0.25, -0.2) is 0 Å². The van der Waals surface area contributed by atoms with Crippen LogP contribution in [0.3, 0.4) is 0 Å². The van der Waals surface area contributed by atoms with Crippen molar-refractivity contribution in [1.82, 2.24) is 4.90 Å². The maximum absolute atomic E-state index is 12.4. The molecule has 208 valence electrons. The van der Waals surface area contributed by atoms with Crippen LogP contribution in [0.1, 0.15) is 78.6 Å². The number of esters is 1. The van der Waals surface area contributed by atoms with E-state index < -0.39 is 0 Å². The van der Waals surface area contributed by atoms with E-state index in [4.69, 9.17) is 4.74 Å². The molecule has 37 heavy (non-hydrogen) atoms. The summed E-state index contributed by atoms with van der Waals surface area (Å²) in [5, 5.41) is 0. The second-order valence-corrected chi connectivity index (χ2v) is 15.6. The van der Waals surface area contributed by atoms with Crippen molar-refractivity contribution >= 4 is 5.97 Å². The van der Waals surface area contributed by atoms with Crippen molar-refractivity contribution in [1.29, 1.82) is 0 Å². The van der Waals surface area contributed by atoms with Gasteiger partial charge >= 0.3 is 5.97 Å². The number of likely N-dealkylation sites (tertiary alicyclic amines) is 1. The van der Waals surface area contributed by atoms with Gasteiger partial charge in [-0.1, -0.05) is 25.5 Å². The van der Waals surface area contributed by atoms with Crippen LogP contribution in [-0.2, 0) is 9.53 Å². The Balaban J connectivity index is 1.25. The van der Waals surface area contributed by atoms with Crippen LogP contribution in [0.4, 0.5) is 0 Å². The van der Waals surface area contributed by atoms with E-state index in [0.717, 1.165) is 35.5 Å². The summed E-state index contributed by atoms with van der Waals surface area (Å²) in [7, 11) is 7.26. The summed E-state index contributed by atoms with van der Waals surface area (Å²) in [5.74, 6) is 2.15. The predicted molar refractivity (Wildman–Crippen MR) is 149 cm³/mol. The number of nitrogens with zero attached hydrogens (tertiary/aromatic N) is 3. The van der Waals surface area contributed by atoms with Crippen molar-refractivity contribution in [3.63, 3.8) is 0 Å². The number of carbonyl (C=O) groups excluding carboxylic acids is 1. The van der Waals surface area contributed by atoms with Crippen LogP contribution in [0.25, 0.3) is 0 Å². The first-order valence-electron chi connectivity index (χ1n) is 15.7. The molecule has 5 heteroatoms. The zero-order valence-electron chi connectivity index (χ0n) is 24.8. The number of likely N-dealkylation sites (N-methyl/N-ethyl adjacent to an activating group) is 1. The highest BCUT2D eigenvalue weighted by molar-refractivity contribution is 5.66. The lowest BCUT2D eigenvalue weighted by Gasteiger charge is -2.58. The Hall–Kier alpha value is -0.910. The molecule has 8 atom stereocenters. The Morgan fingerprint density at radius 3 is 2.38 bits per heavy atom. The van der Waals surface area contributed by atoms with Crippen molar-refractivity contribution < 1.29 is 18.5 Å². The van der Waals surface area contributed by atoms with Crippen LogP contribution in [0.5, 0.6) is 0 Å². The minimum absolute atomic E-state index is 0.0539. The lowest BCUT2D eigenvalue weighted by atomic mass is 9.47. The van der Waals surface area contributed by atoms with Gasteiger partial charge in [-0.15, -0.1) is 0 Å². The molecule has 3 saturated carbocycles. The second kappa shape index (κ2) is 9.06. The standard InChI is InChI=1S/C32H55N3O2/c1-23(36)37-30-29(33-15-19-34(4,5)20-16-33)22-28-26-10-9-24-21-25(35(6)17-7-8-18-35)11-13-31(24,2)27(26)12-14-32(28,30)3/h9,25-30H,7-8,10-22H2,1-6H3/q+2/t25-,26+,27-,28-,29-,30-,31-,32-/m0/s1. The van der Waals surface area contributed by atoms with Gasteiger partial charge in [-0.05, 0) is 55.3 Å².